The van der Waals surface area contributed by atoms with Gasteiger partial charge in [0.25, 0.3) is 5.56 Å². The van der Waals surface area contributed by atoms with Gasteiger partial charge in [0.1, 0.15) is 6.54 Å². The SMILES string of the molecule is O=c1c(-c2cccc(C(F)(F)F)c2)ccc2n1C[C@H]1C[C@@H]2C[NH+](Cc2cccs2)C1. The number of halogens is 3. The quantitative estimate of drug-likeness (QED) is 0.671. The van der Waals surface area contributed by atoms with Crippen molar-refractivity contribution in [3.05, 3.63) is 80.4 Å². The molecule has 7 heteroatoms. The first-order valence-electron chi connectivity index (χ1n) is 10.2. The summed E-state index contributed by atoms with van der Waals surface area (Å²) in [6.07, 6.45) is -3.34. The zero-order chi connectivity index (χ0) is 20.9. The number of thiophene rings is 1. The van der Waals surface area contributed by atoms with Crippen LogP contribution in [0.2, 0.25) is 0 Å². The molecule has 1 unspecified atom stereocenters. The van der Waals surface area contributed by atoms with Crippen LogP contribution in [0.15, 0.2) is 58.7 Å². The molecule has 3 nitrogen and oxygen atoms in total. The van der Waals surface area contributed by atoms with Gasteiger partial charge in [0, 0.05) is 29.6 Å². The second kappa shape index (κ2) is 7.39. The van der Waals surface area contributed by atoms with Crippen LogP contribution < -0.4 is 10.5 Å². The van der Waals surface area contributed by atoms with Crippen molar-refractivity contribution in [2.45, 2.75) is 31.6 Å². The van der Waals surface area contributed by atoms with E-state index in [1.807, 2.05) is 10.6 Å². The second-order valence-corrected chi connectivity index (χ2v) is 9.41. The Kier molecular flexibility index (Phi) is 4.82. The molecule has 156 valence electrons. The van der Waals surface area contributed by atoms with Crippen LogP contribution in [0.5, 0.6) is 0 Å². The van der Waals surface area contributed by atoms with Crippen molar-refractivity contribution in [3.8, 4) is 11.1 Å². The van der Waals surface area contributed by atoms with Gasteiger partial charge in [0.15, 0.2) is 0 Å². The number of likely N-dealkylation sites (tertiary alicyclic amines) is 1. The summed E-state index contributed by atoms with van der Waals surface area (Å²) in [5, 5.41) is 2.10. The van der Waals surface area contributed by atoms with Crippen molar-refractivity contribution in [1.29, 1.82) is 0 Å². The highest BCUT2D eigenvalue weighted by molar-refractivity contribution is 7.09. The lowest BCUT2D eigenvalue weighted by Crippen LogP contribution is -3.13. The average molecular weight is 432 g/mol. The van der Waals surface area contributed by atoms with E-state index in [-0.39, 0.29) is 5.56 Å². The van der Waals surface area contributed by atoms with E-state index in [2.05, 4.69) is 17.5 Å². The number of nitrogens with one attached hydrogen (secondary N) is 1. The maximum Gasteiger partial charge on any atom is 0.416 e. The fraction of sp³-hybridized carbons (Fsp3) is 0.348. The Morgan fingerprint density at radius 1 is 1.10 bits per heavy atom. The Bertz CT molecular complexity index is 1120. The van der Waals surface area contributed by atoms with Crippen LogP contribution >= 0.6 is 11.3 Å². The Hall–Kier alpha value is -2.38. The number of hydrogen-bond donors (Lipinski definition) is 1. The van der Waals surface area contributed by atoms with E-state index in [1.54, 1.807) is 28.4 Å². The third-order valence-electron chi connectivity index (χ3n) is 6.30. The number of aromatic nitrogens is 1. The van der Waals surface area contributed by atoms with Gasteiger partial charge in [-0.15, -0.1) is 11.3 Å². The Morgan fingerprint density at radius 2 is 1.97 bits per heavy atom. The van der Waals surface area contributed by atoms with Crippen LogP contribution in [-0.4, -0.2) is 17.7 Å². The van der Waals surface area contributed by atoms with Crippen LogP contribution in [0.1, 0.15) is 28.5 Å². The number of hydrogen-bond acceptors (Lipinski definition) is 2. The van der Waals surface area contributed by atoms with Crippen LogP contribution in [0.3, 0.4) is 0 Å². The van der Waals surface area contributed by atoms with E-state index in [0.29, 0.717) is 29.5 Å². The number of benzene rings is 1. The van der Waals surface area contributed by atoms with E-state index in [9.17, 15) is 18.0 Å². The Labute approximate surface area is 176 Å². The molecule has 0 amide bonds. The van der Waals surface area contributed by atoms with Crippen LogP contribution in [0.4, 0.5) is 13.2 Å². The first-order chi connectivity index (χ1) is 14.4. The molecule has 0 spiro atoms. The number of pyridine rings is 1. The van der Waals surface area contributed by atoms with Gasteiger partial charge in [-0.25, -0.2) is 0 Å². The van der Waals surface area contributed by atoms with Gasteiger partial charge in [-0.3, -0.25) is 4.79 Å². The van der Waals surface area contributed by atoms with Crippen molar-refractivity contribution in [2.24, 2.45) is 5.92 Å². The fourth-order valence-electron chi connectivity index (χ4n) is 5.06. The van der Waals surface area contributed by atoms with Crippen molar-refractivity contribution < 1.29 is 18.1 Å². The first-order valence-corrected chi connectivity index (χ1v) is 11.0. The summed E-state index contributed by atoms with van der Waals surface area (Å²) in [6.45, 7) is 3.66. The van der Waals surface area contributed by atoms with Gasteiger partial charge in [-0.1, -0.05) is 18.2 Å². The lowest BCUT2D eigenvalue weighted by atomic mass is 9.82. The first kappa shape index (κ1) is 19.6. The molecule has 1 saturated heterocycles. The summed E-state index contributed by atoms with van der Waals surface area (Å²) in [6, 6.07) is 13.0. The van der Waals surface area contributed by atoms with Crippen molar-refractivity contribution in [1.82, 2.24) is 4.57 Å². The third-order valence-corrected chi connectivity index (χ3v) is 7.18. The van der Waals surface area contributed by atoms with Crippen molar-refractivity contribution in [2.75, 3.05) is 13.1 Å². The molecule has 0 aliphatic carbocycles. The summed E-state index contributed by atoms with van der Waals surface area (Å²) >= 11 is 1.78. The fourth-order valence-corrected chi connectivity index (χ4v) is 5.83. The number of quaternary nitrogens is 1. The monoisotopic (exact) mass is 431 g/mol. The molecule has 3 aromatic rings. The zero-order valence-corrected chi connectivity index (χ0v) is 17.1. The predicted octanol–water partition coefficient (Wildman–Crippen LogP) is 3.80. The summed E-state index contributed by atoms with van der Waals surface area (Å²) in [5.74, 6) is 0.733. The number of rotatable bonds is 3. The maximum atomic E-state index is 13.2. The molecule has 2 aromatic heterocycles. The Morgan fingerprint density at radius 3 is 2.73 bits per heavy atom. The van der Waals surface area contributed by atoms with E-state index in [4.69, 9.17) is 0 Å². The van der Waals surface area contributed by atoms with Crippen LogP contribution in [-0.2, 0) is 19.3 Å². The number of alkyl halides is 3. The molecule has 1 N–H and O–H groups in total. The average Bonchev–Trinajstić information content (AvgIpc) is 3.21. The van der Waals surface area contributed by atoms with Gasteiger partial charge < -0.3 is 9.47 Å². The molecule has 1 aromatic carbocycles. The van der Waals surface area contributed by atoms with Crippen LogP contribution in [0.25, 0.3) is 11.1 Å². The highest BCUT2D eigenvalue weighted by Gasteiger charge is 2.38. The molecule has 3 atom stereocenters. The van der Waals surface area contributed by atoms with E-state index < -0.39 is 11.7 Å². The van der Waals surface area contributed by atoms with Gasteiger partial charge in [-0.2, -0.15) is 13.2 Å². The summed E-state index contributed by atoms with van der Waals surface area (Å²) in [7, 11) is 0. The minimum absolute atomic E-state index is 0.178. The summed E-state index contributed by atoms with van der Waals surface area (Å²) in [4.78, 5) is 16.1. The topological polar surface area (TPSA) is 26.4 Å². The normalized spacial score (nSPS) is 23.2. The minimum Gasteiger partial charge on any atom is -0.330 e. The molecular weight excluding hydrogens is 409 g/mol. The van der Waals surface area contributed by atoms with Crippen molar-refractivity contribution >= 4 is 11.3 Å². The molecule has 5 rings (SSSR count). The molecule has 30 heavy (non-hydrogen) atoms. The standard InChI is InChI=1S/C23H21F3N2OS/c24-23(25,26)18-4-1-3-16(10-18)20-6-7-21-17-9-15(12-28(21)22(20)29)11-27(13-17)14-19-5-2-8-30-19/h1-8,10,15,17H,9,11-14H2/p+1/t15-,17+/m0/s1. The highest BCUT2D eigenvalue weighted by atomic mass is 32.1. The Balaban J connectivity index is 1.46. The largest absolute Gasteiger partial charge is 0.416 e. The molecule has 0 saturated carbocycles. The van der Waals surface area contributed by atoms with Crippen molar-refractivity contribution in [3.63, 3.8) is 0 Å². The number of piperidine rings is 1. The molecule has 2 bridgehead atoms. The summed E-state index contributed by atoms with van der Waals surface area (Å²) in [5.41, 5.74) is 0.781. The molecular formula is C23H22F3N2OS+. The van der Waals surface area contributed by atoms with Gasteiger partial charge >= 0.3 is 6.18 Å². The van der Waals surface area contributed by atoms with E-state index in [1.165, 1.54) is 10.9 Å². The molecule has 2 aliphatic heterocycles. The van der Waals surface area contributed by atoms with Gasteiger partial charge in [-0.05, 0) is 47.7 Å². The maximum absolute atomic E-state index is 13.2. The number of nitrogens with zero attached hydrogens (tertiary/aromatic N) is 1. The summed E-state index contributed by atoms with van der Waals surface area (Å²) < 4.78 is 41.1. The van der Waals surface area contributed by atoms with Crippen LogP contribution in [0, 0.1) is 5.92 Å². The lowest BCUT2D eigenvalue weighted by Gasteiger charge is -2.40. The molecule has 1 fully saturated rings. The van der Waals surface area contributed by atoms with Gasteiger partial charge in [0.05, 0.1) is 23.5 Å². The van der Waals surface area contributed by atoms with Gasteiger partial charge in [0.2, 0.25) is 0 Å². The lowest BCUT2D eigenvalue weighted by molar-refractivity contribution is -0.924. The highest BCUT2D eigenvalue weighted by Crippen LogP contribution is 2.34. The third kappa shape index (κ3) is 3.61. The minimum atomic E-state index is -4.42. The molecule has 0 radical (unpaired) electrons. The predicted molar refractivity (Wildman–Crippen MR) is 111 cm³/mol. The smallest absolute Gasteiger partial charge is 0.330 e. The van der Waals surface area contributed by atoms with E-state index >= 15 is 0 Å². The number of fused-ring (bicyclic) bond motifs is 4. The molecule has 2 aliphatic rings. The molecule has 4 heterocycles. The second-order valence-electron chi connectivity index (χ2n) is 8.38. The van der Waals surface area contributed by atoms with E-state index in [0.717, 1.165) is 43.9 Å². The zero-order valence-electron chi connectivity index (χ0n) is 16.3.